The summed E-state index contributed by atoms with van der Waals surface area (Å²) in [5, 5.41) is 0. The number of aromatic nitrogens is 1. The third kappa shape index (κ3) is 3.39. The second-order valence-corrected chi connectivity index (χ2v) is 5.44. The van der Waals surface area contributed by atoms with E-state index in [9.17, 15) is 9.59 Å². The predicted molar refractivity (Wildman–Crippen MR) is 85.9 cm³/mol. The first-order valence-electron chi connectivity index (χ1n) is 7.16. The van der Waals surface area contributed by atoms with Crippen LogP contribution in [-0.4, -0.2) is 35.6 Å². The van der Waals surface area contributed by atoms with E-state index in [2.05, 4.69) is 4.98 Å². The van der Waals surface area contributed by atoms with Crippen LogP contribution in [0.4, 0.5) is 5.82 Å². The quantitative estimate of drug-likeness (QED) is 0.843. The fourth-order valence-corrected chi connectivity index (χ4v) is 2.38. The van der Waals surface area contributed by atoms with Crippen LogP contribution in [-0.2, 0) is 20.7 Å². The number of nitrogens with zero attached hydrogens (tertiary/aromatic N) is 2. The molecule has 6 nitrogen and oxygen atoms in total. The summed E-state index contributed by atoms with van der Waals surface area (Å²) in [4.78, 5) is 30.4. The molecule has 0 saturated heterocycles. The number of hydrogen-bond acceptors (Lipinski definition) is 5. The topological polar surface area (TPSA) is 85.5 Å². The van der Waals surface area contributed by atoms with Crippen molar-refractivity contribution in [2.45, 2.75) is 39.3 Å². The molecular formula is C15H22ClN3O3. The van der Waals surface area contributed by atoms with Crippen molar-refractivity contribution in [3.8, 4) is 0 Å². The molecule has 2 heterocycles. The lowest BCUT2D eigenvalue weighted by molar-refractivity contribution is -0.145. The molecule has 2 unspecified atom stereocenters. The fourth-order valence-electron chi connectivity index (χ4n) is 2.38. The minimum absolute atomic E-state index is 0. The molecule has 0 spiro atoms. The fraction of sp³-hybridized carbons (Fsp3) is 0.533. The van der Waals surface area contributed by atoms with Crippen LogP contribution >= 0.6 is 12.4 Å². The SMILES string of the molecule is CCOC(=O)C1Cc2cccnc2N1C(=O)C(N)C(C)C.Cl. The Morgan fingerprint density at radius 1 is 1.50 bits per heavy atom. The molecule has 122 valence electrons. The van der Waals surface area contributed by atoms with Gasteiger partial charge in [-0.2, -0.15) is 0 Å². The van der Waals surface area contributed by atoms with Gasteiger partial charge in [0.05, 0.1) is 12.6 Å². The van der Waals surface area contributed by atoms with Gasteiger partial charge in [-0.05, 0) is 24.5 Å². The maximum Gasteiger partial charge on any atom is 0.329 e. The first-order chi connectivity index (χ1) is 9.97. The van der Waals surface area contributed by atoms with Crippen LogP contribution in [0.5, 0.6) is 0 Å². The molecule has 2 rings (SSSR count). The highest BCUT2D eigenvalue weighted by atomic mass is 35.5. The lowest BCUT2D eigenvalue weighted by Crippen LogP contribution is -2.52. The Morgan fingerprint density at radius 2 is 2.18 bits per heavy atom. The van der Waals surface area contributed by atoms with Gasteiger partial charge in [-0.25, -0.2) is 9.78 Å². The zero-order chi connectivity index (χ0) is 15.6. The van der Waals surface area contributed by atoms with E-state index in [1.807, 2.05) is 19.9 Å². The minimum atomic E-state index is -0.674. The number of nitrogens with two attached hydrogens (primary N) is 1. The van der Waals surface area contributed by atoms with E-state index >= 15 is 0 Å². The number of amides is 1. The van der Waals surface area contributed by atoms with Gasteiger partial charge in [-0.15, -0.1) is 12.4 Å². The highest BCUT2D eigenvalue weighted by Gasteiger charge is 2.42. The maximum absolute atomic E-state index is 12.6. The van der Waals surface area contributed by atoms with Gasteiger partial charge in [0, 0.05) is 12.6 Å². The molecule has 0 bridgehead atoms. The molecule has 0 fully saturated rings. The van der Waals surface area contributed by atoms with Crippen molar-refractivity contribution in [2.24, 2.45) is 11.7 Å². The Balaban J connectivity index is 0.00000242. The van der Waals surface area contributed by atoms with E-state index in [-0.39, 0.29) is 30.8 Å². The van der Waals surface area contributed by atoms with Gasteiger partial charge >= 0.3 is 5.97 Å². The number of ether oxygens (including phenoxy) is 1. The van der Waals surface area contributed by atoms with Gasteiger partial charge in [0.2, 0.25) is 5.91 Å². The molecule has 2 atom stereocenters. The minimum Gasteiger partial charge on any atom is -0.464 e. The van der Waals surface area contributed by atoms with Gasteiger partial charge in [0.1, 0.15) is 11.9 Å². The standard InChI is InChI=1S/C15H21N3O3.ClH/c1-4-21-15(20)11-8-10-6-5-7-17-13(10)18(11)14(19)12(16)9(2)3;/h5-7,9,11-12H,4,8,16H2,1-3H3;1H. The zero-order valence-electron chi connectivity index (χ0n) is 13.0. The van der Waals surface area contributed by atoms with E-state index in [0.29, 0.717) is 12.2 Å². The lowest BCUT2D eigenvalue weighted by Gasteiger charge is -2.27. The third-order valence-electron chi connectivity index (χ3n) is 3.62. The summed E-state index contributed by atoms with van der Waals surface area (Å²) in [7, 11) is 0. The Hall–Kier alpha value is -1.66. The smallest absolute Gasteiger partial charge is 0.329 e. The molecule has 0 aromatic carbocycles. The Bertz CT molecular complexity index is 551. The van der Waals surface area contributed by atoms with Crippen LogP contribution in [0.1, 0.15) is 26.3 Å². The number of fused-ring (bicyclic) bond motifs is 1. The number of carbonyl (C=O) groups excluding carboxylic acids is 2. The number of hydrogen-bond donors (Lipinski definition) is 1. The average molecular weight is 328 g/mol. The maximum atomic E-state index is 12.6. The average Bonchev–Trinajstić information content (AvgIpc) is 2.85. The number of esters is 1. The summed E-state index contributed by atoms with van der Waals surface area (Å²) >= 11 is 0. The summed E-state index contributed by atoms with van der Waals surface area (Å²) in [5.41, 5.74) is 6.82. The molecule has 0 saturated carbocycles. The first kappa shape index (κ1) is 18.4. The lowest BCUT2D eigenvalue weighted by atomic mass is 10.0. The molecule has 1 aliphatic heterocycles. The summed E-state index contributed by atoms with van der Waals surface area (Å²) in [5.74, 6) is -0.218. The molecule has 1 aromatic rings. The highest BCUT2D eigenvalue weighted by Crippen LogP contribution is 2.31. The normalized spacial score (nSPS) is 17.7. The molecule has 1 amide bonds. The monoisotopic (exact) mass is 327 g/mol. The van der Waals surface area contributed by atoms with E-state index in [0.717, 1.165) is 5.56 Å². The van der Waals surface area contributed by atoms with Gasteiger partial charge in [0.25, 0.3) is 0 Å². The molecule has 0 aliphatic carbocycles. The van der Waals surface area contributed by atoms with E-state index in [1.165, 1.54) is 4.90 Å². The van der Waals surface area contributed by atoms with Crippen LogP contribution < -0.4 is 10.6 Å². The van der Waals surface area contributed by atoms with Crippen LogP contribution in [0.15, 0.2) is 18.3 Å². The Kier molecular flexibility index (Phi) is 6.32. The van der Waals surface area contributed by atoms with Crippen LogP contribution in [0, 0.1) is 5.92 Å². The molecule has 1 aromatic heterocycles. The van der Waals surface area contributed by atoms with Crippen molar-refractivity contribution in [3.05, 3.63) is 23.9 Å². The van der Waals surface area contributed by atoms with Gasteiger partial charge in [-0.3, -0.25) is 9.69 Å². The predicted octanol–water partition coefficient (Wildman–Crippen LogP) is 1.31. The Labute approximate surface area is 136 Å². The molecule has 1 aliphatic rings. The van der Waals surface area contributed by atoms with Crippen molar-refractivity contribution in [2.75, 3.05) is 11.5 Å². The largest absolute Gasteiger partial charge is 0.464 e. The second kappa shape index (κ2) is 7.56. The van der Waals surface area contributed by atoms with Crippen molar-refractivity contribution >= 4 is 30.1 Å². The van der Waals surface area contributed by atoms with Gasteiger partial charge < -0.3 is 10.5 Å². The van der Waals surface area contributed by atoms with Gasteiger partial charge in [0.15, 0.2) is 0 Å². The zero-order valence-corrected chi connectivity index (χ0v) is 13.8. The van der Waals surface area contributed by atoms with Crippen molar-refractivity contribution in [3.63, 3.8) is 0 Å². The van der Waals surface area contributed by atoms with Crippen molar-refractivity contribution in [1.82, 2.24) is 4.98 Å². The summed E-state index contributed by atoms with van der Waals surface area (Å²) in [6.07, 6.45) is 2.02. The number of pyridine rings is 1. The molecule has 0 radical (unpaired) electrons. The number of anilines is 1. The number of carbonyl (C=O) groups is 2. The molecular weight excluding hydrogens is 306 g/mol. The summed E-state index contributed by atoms with van der Waals surface area (Å²) < 4.78 is 5.08. The molecule has 7 heteroatoms. The van der Waals surface area contributed by atoms with Crippen LogP contribution in [0.3, 0.4) is 0 Å². The second-order valence-electron chi connectivity index (χ2n) is 5.44. The van der Waals surface area contributed by atoms with Gasteiger partial charge in [-0.1, -0.05) is 19.9 Å². The summed E-state index contributed by atoms with van der Waals surface area (Å²) in [6, 6.07) is 2.31. The van der Waals surface area contributed by atoms with Crippen LogP contribution in [0.25, 0.3) is 0 Å². The third-order valence-corrected chi connectivity index (χ3v) is 3.62. The van der Waals surface area contributed by atoms with Crippen LogP contribution in [0.2, 0.25) is 0 Å². The van der Waals surface area contributed by atoms with Crippen molar-refractivity contribution in [1.29, 1.82) is 0 Å². The first-order valence-corrected chi connectivity index (χ1v) is 7.16. The number of halogens is 1. The van der Waals surface area contributed by atoms with E-state index < -0.39 is 18.1 Å². The van der Waals surface area contributed by atoms with E-state index in [4.69, 9.17) is 10.5 Å². The summed E-state index contributed by atoms with van der Waals surface area (Å²) in [6.45, 7) is 5.76. The molecule has 22 heavy (non-hydrogen) atoms. The van der Waals surface area contributed by atoms with E-state index in [1.54, 1.807) is 19.2 Å². The number of rotatable bonds is 4. The van der Waals surface area contributed by atoms with Crippen molar-refractivity contribution < 1.29 is 14.3 Å². The highest BCUT2D eigenvalue weighted by molar-refractivity contribution is 6.03. The molecule has 2 N–H and O–H groups in total. The Morgan fingerprint density at radius 3 is 2.77 bits per heavy atom.